The Balaban J connectivity index is 2.10. The van der Waals surface area contributed by atoms with Crippen molar-refractivity contribution in [3.8, 4) is 17.2 Å². The van der Waals surface area contributed by atoms with Gasteiger partial charge in [0.2, 0.25) is 5.91 Å². The fraction of sp³-hybridized carbons (Fsp3) is 0.393. The van der Waals surface area contributed by atoms with Crippen molar-refractivity contribution < 1.29 is 19.0 Å². The van der Waals surface area contributed by atoms with Crippen molar-refractivity contribution in [3.63, 3.8) is 0 Å². The summed E-state index contributed by atoms with van der Waals surface area (Å²) >= 11 is 0. The maximum absolute atomic E-state index is 12.3. The van der Waals surface area contributed by atoms with Crippen LogP contribution < -0.4 is 19.5 Å². The molecule has 5 heteroatoms. The van der Waals surface area contributed by atoms with Crippen molar-refractivity contribution in [2.75, 3.05) is 27.9 Å². The summed E-state index contributed by atoms with van der Waals surface area (Å²) in [5.41, 5.74) is 2.74. The number of carbonyl (C=O) groups excluding carboxylic acids is 1. The van der Waals surface area contributed by atoms with Crippen molar-refractivity contribution >= 4 is 24.1 Å². The van der Waals surface area contributed by atoms with Crippen LogP contribution in [0.25, 0.3) is 18.2 Å². The Hall–Kier alpha value is -3.21. The van der Waals surface area contributed by atoms with E-state index in [9.17, 15) is 4.79 Å². The highest BCUT2D eigenvalue weighted by atomic mass is 16.5. The maximum atomic E-state index is 12.3. The Morgan fingerprint density at radius 2 is 1.52 bits per heavy atom. The predicted octanol–water partition coefficient (Wildman–Crippen LogP) is 6.37. The molecule has 5 nitrogen and oxygen atoms in total. The van der Waals surface area contributed by atoms with E-state index in [2.05, 4.69) is 12.2 Å². The highest BCUT2D eigenvalue weighted by Crippen LogP contribution is 2.31. The molecule has 0 aliphatic heterocycles. The molecule has 0 aliphatic carbocycles. The van der Waals surface area contributed by atoms with Crippen molar-refractivity contribution in [1.82, 2.24) is 5.32 Å². The molecule has 33 heavy (non-hydrogen) atoms. The van der Waals surface area contributed by atoms with Gasteiger partial charge in [0.25, 0.3) is 0 Å². The first kappa shape index (κ1) is 26.0. The molecule has 0 atom stereocenters. The molecule has 0 unspecified atom stereocenters. The van der Waals surface area contributed by atoms with Gasteiger partial charge in [0, 0.05) is 24.3 Å². The molecular formula is C28H37NO4. The van der Waals surface area contributed by atoms with Crippen molar-refractivity contribution in [3.05, 3.63) is 59.2 Å². The molecule has 2 aromatic rings. The van der Waals surface area contributed by atoms with E-state index in [0.717, 1.165) is 35.3 Å². The van der Waals surface area contributed by atoms with Crippen LogP contribution in [0.1, 0.15) is 62.1 Å². The zero-order chi connectivity index (χ0) is 23.9. The summed E-state index contributed by atoms with van der Waals surface area (Å²) in [5, 5.41) is 2.97. The van der Waals surface area contributed by atoms with Crippen LogP contribution in [0.5, 0.6) is 17.2 Å². The topological polar surface area (TPSA) is 56.8 Å². The van der Waals surface area contributed by atoms with Gasteiger partial charge in [-0.15, -0.1) is 0 Å². The minimum Gasteiger partial charge on any atom is -0.497 e. The molecule has 0 aromatic heterocycles. The fourth-order valence-electron chi connectivity index (χ4n) is 3.46. The van der Waals surface area contributed by atoms with E-state index in [4.69, 9.17) is 14.2 Å². The Bertz CT molecular complexity index is 916. The third kappa shape index (κ3) is 9.05. The van der Waals surface area contributed by atoms with E-state index >= 15 is 0 Å². The first-order chi connectivity index (χ1) is 16.1. The maximum Gasteiger partial charge on any atom is 0.244 e. The number of methoxy groups -OCH3 is 3. The van der Waals surface area contributed by atoms with Gasteiger partial charge in [-0.1, -0.05) is 63.3 Å². The van der Waals surface area contributed by atoms with Crippen LogP contribution in [-0.2, 0) is 4.79 Å². The van der Waals surface area contributed by atoms with Gasteiger partial charge in [-0.05, 0) is 41.8 Å². The summed E-state index contributed by atoms with van der Waals surface area (Å²) in [5.74, 6) is 2.03. The molecule has 0 fully saturated rings. The SMILES string of the molecule is CCCCCCCCNC(=O)C=Cc1c(/C=C/c2ccc(OC)cc2)cc(OC)cc1OC. The Kier molecular flexibility index (Phi) is 11.7. The number of ether oxygens (including phenoxy) is 3. The number of unbranched alkanes of at least 4 members (excludes halogenated alkanes) is 5. The molecule has 2 rings (SSSR count). The molecule has 2 aromatic carbocycles. The van der Waals surface area contributed by atoms with Crippen LogP contribution >= 0.6 is 0 Å². The Morgan fingerprint density at radius 3 is 2.18 bits per heavy atom. The van der Waals surface area contributed by atoms with Gasteiger partial charge in [-0.2, -0.15) is 0 Å². The second-order valence-corrected chi connectivity index (χ2v) is 7.83. The lowest BCUT2D eigenvalue weighted by Crippen LogP contribution is -2.22. The van der Waals surface area contributed by atoms with Crippen LogP contribution in [0.4, 0.5) is 0 Å². The smallest absolute Gasteiger partial charge is 0.244 e. The second-order valence-electron chi connectivity index (χ2n) is 7.83. The number of amides is 1. The first-order valence-corrected chi connectivity index (χ1v) is 11.6. The second kappa shape index (κ2) is 14.8. The largest absolute Gasteiger partial charge is 0.497 e. The lowest BCUT2D eigenvalue weighted by Gasteiger charge is -2.12. The monoisotopic (exact) mass is 451 g/mol. The third-order valence-electron chi connectivity index (χ3n) is 5.41. The van der Waals surface area contributed by atoms with E-state index in [1.54, 1.807) is 33.5 Å². The van der Waals surface area contributed by atoms with Gasteiger partial charge < -0.3 is 19.5 Å². The Morgan fingerprint density at radius 1 is 0.818 bits per heavy atom. The van der Waals surface area contributed by atoms with Gasteiger partial charge in [-0.3, -0.25) is 4.79 Å². The first-order valence-electron chi connectivity index (χ1n) is 11.6. The van der Waals surface area contributed by atoms with Crippen molar-refractivity contribution in [2.24, 2.45) is 0 Å². The van der Waals surface area contributed by atoms with Crippen LogP contribution in [0.3, 0.4) is 0 Å². The van der Waals surface area contributed by atoms with Crippen LogP contribution in [0, 0.1) is 0 Å². The van der Waals surface area contributed by atoms with Gasteiger partial charge in [0.15, 0.2) is 0 Å². The number of hydrogen-bond donors (Lipinski definition) is 1. The molecule has 0 heterocycles. The number of carbonyl (C=O) groups is 1. The number of hydrogen-bond acceptors (Lipinski definition) is 4. The summed E-state index contributed by atoms with van der Waals surface area (Å²) in [6.45, 7) is 2.91. The summed E-state index contributed by atoms with van der Waals surface area (Å²) in [4.78, 5) is 12.3. The molecule has 0 radical (unpaired) electrons. The van der Waals surface area contributed by atoms with Crippen molar-refractivity contribution in [2.45, 2.75) is 45.4 Å². The molecule has 0 saturated heterocycles. The van der Waals surface area contributed by atoms with E-state index in [1.807, 2.05) is 48.6 Å². The number of benzene rings is 2. The molecule has 1 amide bonds. The summed E-state index contributed by atoms with van der Waals surface area (Å²) in [6, 6.07) is 11.5. The zero-order valence-electron chi connectivity index (χ0n) is 20.4. The van der Waals surface area contributed by atoms with Crippen molar-refractivity contribution in [1.29, 1.82) is 0 Å². The van der Waals surface area contributed by atoms with Gasteiger partial charge in [0.05, 0.1) is 21.3 Å². The minimum atomic E-state index is -0.105. The van der Waals surface area contributed by atoms with E-state index < -0.39 is 0 Å². The van der Waals surface area contributed by atoms with Gasteiger partial charge in [0.1, 0.15) is 17.2 Å². The quantitative estimate of drug-likeness (QED) is 0.206. The van der Waals surface area contributed by atoms with Crippen LogP contribution in [-0.4, -0.2) is 33.8 Å². The van der Waals surface area contributed by atoms with Crippen LogP contribution in [0.2, 0.25) is 0 Å². The molecule has 0 saturated carbocycles. The predicted molar refractivity (Wildman–Crippen MR) is 137 cm³/mol. The molecule has 1 N–H and O–H groups in total. The molecule has 0 bridgehead atoms. The van der Waals surface area contributed by atoms with E-state index in [0.29, 0.717) is 18.0 Å². The molecule has 0 spiro atoms. The van der Waals surface area contributed by atoms with E-state index in [-0.39, 0.29) is 5.91 Å². The highest BCUT2D eigenvalue weighted by Gasteiger charge is 2.09. The third-order valence-corrected chi connectivity index (χ3v) is 5.41. The number of rotatable bonds is 14. The minimum absolute atomic E-state index is 0.105. The molecule has 0 aliphatic rings. The standard InChI is InChI=1S/C28H37NO4/c1-5-6-7-8-9-10-19-29-28(30)18-17-26-23(20-25(32-3)21-27(26)33-4)14-11-22-12-15-24(31-2)16-13-22/h11-18,20-21H,5-10,19H2,1-4H3,(H,29,30)/b14-11+,18-17?. The molecule has 178 valence electrons. The van der Waals surface area contributed by atoms with E-state index in [1.165, 1.54) is 25.7 Å². The number of nitrogens with one attached hydrogen (secondary N) is 1. The average Bonchev–Trinajstić information content (AvgIpc) is 2.85. The summed E-state index contributed by atoms with van der Waals surface area (Å²) in [6.07, 6.45) is 14.5. The van der Waals surface area contributed by atoms with Gasteiger partial charge in [-0.25, -0.2) is 0 Å². The fourth-order valence-corrected chi connectivity index (χ4v) is 3.46. The normalized spacial score (nSPS) is 11.2. The lowest BCUT2D eigenvalue weighted by atomic mass is 10.0. The highest BCUT2D eigenvalue weighted by molar-refractivity contribution is 5.93. The summed E-state index contributed by atoms with van der Waals surface area (Å²) < 4.78 is 16.2. The summed E-state index contributed by atoms with van der Waals surface area (Å²) in [7, 11) is 4.88. The van der Waals surface area contributed by atoms with Gasteiger partial charge >= 0.3 is 0 Å². The zero-order valence-corrected chi connectivity index (χ0v) is 20.4. The van der Waals surface area contributed by atoms with Crippen LogP contribution in [0.15, 0.2) is 42.5 Å². The molecular weight excluding hydrogens is 414 g/mol. The lowest BCUT2D eigenvalue weighted by molar-refractivity contribution is -0.116. The average molecular weight is 452 g/mol. The Labute approximate surface area is 198 Å².